The van der Waals surface area contributed by atoms with Gasteiger partial charge in [0.05, 0.1) is 10.5 Å². The van der Waals surface area contributed by atoms with Crippen molar-refractivity contribution in [2.24, 2.45) is 0 Å². The van der Waals surface area contributed by atoms with Gasteiger partial charge in [-0.05, 0) is 25.0 Å². The van der Waals surface area contributed by atoms with Crippen LogP contribution in [-0.4, -0.2) is 30.0 Å². The van der Waals surface area contributed by atoms with E-state index in [0.717, 1.165) is 12.8 Å². The lowest BCUT2D eigenvalue weighted by molar-refractivity contribution is -0.384. The molecular formula is C14H18N2O5. The van der Waals surface area contributed by atoms with Gasteiger partial charge in [-0.1, -0.05) is 13.3 Å². The maximum Gasteiger partial charge on any atom is 0.338 e. The number of rotatable bonds is 7. The summed E-state index contributed by atoms with van der Waals surface area (Å²) in [5.74, 6) is -1.03. The molecule has 0 radical (unpaired) electrons. The second-order valence-electron chi connectivity index (χ2n) is 4.45. The zero-order valence-electron chi connectivity index (χ0n) is 12.0. The summed E-state index contributed by atoms with van der Waals surface area (Å²) in [7, 11) is 1.47. The second-order valence-corrected chi connectivity index (χ2v) is 4.45. The number of esters is 1. The molecule has 0 aromatic heterocycles. The maximum atomic E-state index is 11.9. The lowest BCUT2D eigenvalue weighted by Gasteiger charge is -2.16. The maximum absolute atomic E-state index is 11.9. The minimum Gasteiger partial charge on any atom is -0.449 e. The third-order valence-corrected chi connectivity index (χ3v) is 2.92. The molecule has 1 atom stereocenters. The zero-order valence-corrected chi connectivity index (χ0v) is 12.0. The SMILES string of the molecule is CCCCC(OC(=O)c1ccc([N+](=O)[O-])cc1)C(=O)NC. The van der Waals surface area contributed by atoms with Gasteiger partial charge in [0.2, 0.25) is 0 Å². The smallest absolute Gasteiger partial charge is 0.338 e. The standard InChI is InChI=1S/C14H18N2O5/c1-3-4-5-12(13(17)15-2)21-14(18)10-6-8-11(9-7-10)16(19)20/h6-9,12H,3-5H2,1-2H3,(H,15,17). The van der Waals surface area contributed by atoms with Crippen LogP contribution in [0.2, 0.25) is 0 Å². The van der Waals surface area contributed by atoms with Crippen molar-refractivity contribution in [3.05, 3.63) is 39.9 Å². The van der Waals surface area contributed by atoms with Crippen molar-refractivity contribution in [3.63, 3.8) is 0 Å². The molecule has 0 saturated heterocycles. The van der Waals surface area contributed by atoms with Crippen molar-refractivity contribution in [1.82, 2.24) is 5.32 Å². The van der Waals surface area contributed by atoms with Crippen molar-refractivity contribution in [3.8, 4) is 0 Å². The number of likely N-dealkylation sites (N-methyl/N-ethyl adjacent to an activating group) is 1. The second kappa shape index (κ2) is 7.98. The van der Waals surface area contributed by atoms with Crippen LogP contribution < -0.4 is 5.32 Å². The molecule has 1 rings (SSSR count). The number of hydrogen-bond donors (Lipinski definition) is 1. The monoisotopic (exact) mass is 294 g/mol. The Bertz CT molecular complexity index is 513. The Hall–Kier alpha value is -2.44. The first-order valence-corrected chi connectivity index (χ1v) is 6.66. The first-order valence-electron chi connectivity index (χ1n) is 6.66. The summed E-state index contributed by atoms with van der Waals surface area (Å²) in [6.07, 6.45) is 1.22. The van der Waals surface area contributed by atoms with Crippen LogP contribution in [0.15, 0.2) is 24.3 Å². The van der Waals surface area contributed by atoms with Crippen molar-refractivity contribution >= 4 is 17.6 Å². The van der Waals surface area contributed by atoms with Crippen LogP contribution in [0.5, 0.6) is 0 Å². The fourth-order valence-corrected chi connectivity index (χ4v) is 1.71. The van der Waals surface area contributed by atoms with Gasteiger partial charge in [0.15, 0.2) is 6.10 Å². The van der Waals surface area contributed by atoms with Gasteiger partial charge in [-0.25, -0.2) is 4.79 Å². The molecule has 0 aliphatic carbocycles. The van der Waals surface area contributed by atoms with Crippen molar-refractivity contribution in [1.29, 1.82) is 0 Å². The van der Waals surface area contributed by atoms with E-state index in [-0.39, 0.29) is 17.2 Å². The number of unbranched alkanes of at least 4 members (excludes halogenated alkanes) is 1. The molecule has 1 aromatic carbocycles. The molecule has 7 nitrogen and oxygen atoms in total. The molecule has 0 fully saturated rings. The molecule has 114 valence electrons. The number of nitrogens with zero attached hydrogens (tertiary/aromatic N) is 1. The van der Waals surface area contributed by atoms with Crippen LogP contribution in [-0.2, 0) is 9.53 Å². The van der Waals surface area contributed by atoms with E-state index >= 15 is 0 Å². The molecule has 0 aliphatic heterocycles. The number of hydrogen-bond acceptors (Lipinski definition) is 5. The lowest BCUT2D eigenvalue weighted by Crippen LogP contribution is -2.35. The van der Waals surface area contributed by atoms with Gasteiger partial charge in [0.1, 0.15) is 0 Å². The number of nitrogens with one attached hydrogen (secondary N) is 1. The van der Waals surface area contributed by atoms with Crippen molar-refractivity contribution in [2.75, 3.05) is 7.05 Å². The Balaban J connectivity index is 2.76. The summed E-state index contributed by atoms with van der Waals surface area (Å²) in [6.45, 7) is 1.97. The van der Waals surface area contributed by atoms with Crippen LogP contribution in [0, 0.1) is 10.1 Å². The summed E-state index contributed by atoms with van der Waals surface area (Å²) < 4.78 is 5.17. The molecule has 0 saturated carbocycles. The van der Waals surface area contributed by atoms with E-state index in [2.05, 4.69) is 5.32 Å². The van der Waals surface area contributed by atoms with E-state index in [1.54, 1.807) is 0 Å². The van der Waals surface area contributed by atoms with Crippen LogP contribution in [0.3, 0.4) is 0 Å². The highest BCUT2D eigenvalue weighted by atomic mass is 16.6. The normalized spacial score (nSPS) is 11.5. The quantitative estimate of drug-likeness (QED) is 0.471. The Morgan fingerprint density at radius 2 is 1.95 bits per heavy atom. The van der Waals surface area contributed by atoms with Crippen molar-refractivity contribution in [2.45, 2.75) is 32.3 Å². The van der Waals surface area contributed by atoms with Gasteiger partial charge in [-0.3, -0.25) is 14.9 Å². The predicted octanol–water partition coefficient (Wildman–Crippen LogP) is 2.06. The first kappa shape index (κ1) is 16.6. The van der Waals surface area contributed by atoms with E-state index in [1.165, 1.54) is 31.3 Å². The minimum absolute atomic E-state index is 0.111. The summed E-state index contributed by atoms with van der Waals surface area (Å²) in [6, 6.07) is 5.05. The molecular weight excluding hydrogens is 276 g/mol. The average molecular weight is 294 g/mol. The van der Waals surface area contributed by atoms with Gasteiger partial charge >= 0.3 is 5.97 Å². The first-order chi connectivity index (χ1) is 9.99. The summed E-state index contributed by atoms with van der Waals surface area (Å²) >= 11 is 0. The van der Waals surface area contributed by atoms with E-state index in [4.69, 9.17) is 4.74 Å². The highest BCUT2D eigenvalue weighted by molar-refractivity contribution is 5.92. The number of nitro groups is 1. The molecule has 1 aromatic rings. The predicted molar refractivity (Wildman–Crippen MR) is 75.9 cm³/mol. The third kappa shape index (κ3) is 4.87. The topological polar surface area (TPSA) is 98.5 Å². The van der Waals surface area contributed by atoms with Crippen LogP contribution in [0.4, 0.5) is 5.69 Å². The number of carbonyl (C=O) groups excluding carboxylic acids is 2. The van der Waals surface area contributed by atoms with Crippen molar-refractivity contribution < 1.29 is 19.2 Å². The van der Waals surface area contributed by atoms with Gasteiger partial charge < -0.3 is 10.1 Å². The van der Waals surface area contributed by atoms with Crippen LogP contribution >= 0.6 is 0 Å². The summed E-state index contributed by atoms with van der Waals surface area (Å²) in [4.78, 5) is 33.6. The molecule has 1 amide bonds. The molecule has 1 unspecified atom stereocenters. The number of benzene rings is 1. The average Bonchev–Trinajstić information content (AvgIpc) is 2.50. The minimum atomic E-state index is -0.849. The molecule has 0 bridgehead atoms. The number of ether oxygens (including phenoxy) is 1. The molecule has 0 heterocycles. The van der Waals surface area contributed by atoms with Gasteiger partial charge in [0, 0.05) is 19.2 Å². The van der Waals surface area contributed by atoms with E-state index in [0.29, 0.717) is 6.42 Å². The molecule has 0 spiro atoms. The number of amides is 1. The number of nitro benzene ring substituents is 1. The lowest BCUT2D eigenvalue weighted by atomic mass is 10.1. The van der Waals surface area contributed by atoms with Gasteiger partial charge in [-0.2, -0.15) is 0 Å². The fourth-order valence-electron chi connectivity index (χ4n) is 1.71. The van der Waals surface area contributed by atoms with E-state index in [1.807, 2.05) is 6.92 Å². The van der Waals surface area contributed by atoms with Crippen LogP contribution in [0.1, 0.15) is 36.5 Å². The fraction of sp³-hybridized carbons (Fsp3) is 0.429. The molecule has 7 heteroatoms. The van der Waals surface area contributed by atoms with E-state index < -0.39 is 17.0 Å². The van der Waals surface area contributed by atoms with Gasteiger partial charge in [-0.15, -0.1) is 0 Å². The Morgan fingerprint density at radius 1 is 1.33 bits per heavy atom. The zero-order chi connectivity index (χ0) is 15.8. The Kier molecular flexibility index (Phi) is 6.32. The summed E-state index contributed by atoms with van der Waals surface area (Å²) in [5, 5.41) is 13.0. The van der Waals surface area contributed by atoms with Gasteiger partial charge in [0.25, 0.3) is 11.6 Å². The summed E-state index contributed by atoms with van der Waals surface area (Å²) in [5.41, 5.74) is 0.0615. The third-order valence-electron chi connectivity index (χ3n) is 2.92. The molecule has 21 heavy (non-hydrogen) atoms. The Morgan fingerprint density at radius 3 is 2.43 bits per heavy atom. The number of carbonyl (C=O) groups is 2. The molecule has 0 aliphatic rings. The van der Waals surface area contributed by atoms with Crippen LogP contribution in [0.25, 0.3) is 0 Å². The van der Waals surface area contributed by atoms with E-state index in [9.17, 15) is 19.7 Å². The largest absolute Gasteiger partial charge is 0.449 e. The Labute approximate surface area is 122 Å². The number of non-ortho nitro benzene ring substituents is 1. The molecule has 1 N–H and O–H groups in total. The highest BCUT2D eigenvalue weighted by Crippen LogP contribution is 2.14. The highest BCUT2D eigenvalue weighted by Gasteiger charge is 2.22.